The van der Waals surface area contributed by atoms with E-state index in [1.54, 1.807) is 25.2 Å². The molecule has 0 bridgehead atoms. The van der Waals surface area contributed by atoms with Crippen LogP contribution < -0.4 is 16.4 Å². The highest BCUT2D eigenvalue weighted by atomic mass is 16.2. The molecule has 5 nitrogen and oxygen atoms in total. The molecule has 0 saturated heterocycles. The first-order valence-corrected chi connectivity index (χ1v) is 6.37. The molecule has 0 aliphatic rings. The number of hydrogen-bond acceptors (Lipinski definition) is 3. The van der Waals surface area contributed by atoms with E-state index in [1.807, 2.05) is 6.92 Å². The molecule has 0 aliphatic heterocycles. The van der Waals surface area contributed by atoms with Crippen LogP contribution in [0.1, 0.15) is 27.9 Å². The maximum Gasteiger partial charge on any atom is 0.251 e. The molecule has 0 heterocycles. The van der Waals surface area contributed by atoms with Gasteiger partial charge < -0.3 is 16.4 Å². The van der Waals surface area contributed by atoms with E-state index < -0.39 is 0 Å². The smallest absolute Gasteiger partial charge is 0.251 e. The number of carbonyl (C=O) groups excluding carboxylic acids is 2. The normalized spacial score (nSPS) is 9.35. The van der Waals surface area contributed by atoms with Crippen LogP contribution in [-0.4, -0.2) is 32.0 Å². The summed E-state index contributed by atoms with van der Waals surface area (Å²) in [6, 6.07) is 5.28. The van der Waals surface area contributed by atoms with Gasteiger partial charge in [-0.1, -0.05) is 11.8 Å². The molecule has 1 aromatic rings. The highest BCUT2D eigenvalue weighted by Crippen LogP contribution is 2.10. The Bertz CT molecular complexity index is 556. The molecule has 4 N–H and O–H groups in total. The summed E-state index contributed by atoms with van der Waals surface area (Å²) in [5.41, 5.74) is 7.66. The van der Waals surface area contributed by atoms with Crippen LogP contribution in [-0.2, 0) is 4.79 Å². The molecular formula is C15H19N3O2. The topological polar surface area (TPSA) is 84.2 Å². The minimum Gasteiger partial charge on any atom is -0.359 e. The van der Waals surface area contributed by atoms with Crippen molar-refractivity contribution in [1.29, 1.82) is 0 Å². The highest BCUT2D eigenvalue weighted by Gasteiger charge is 2.07. The molecule has 0 radical (unpaired) electrons. The third-order valence-electron chi connectivity index (χ3n) is 2.73. The average Bonchev–Trinajstić information content (AvgIpc) is 2.45. The summed E-state index contributed by atoms with van der Waals surface area (Å²) in [5, 5.41) is 5.20. The first-order valence-electron chi connectivity index (χ1n) is 6.37. The lowest BCUT2D eigenvalue weighted by atomic mass is 10.0. The minimum absolute atomic E-state index is 0.103. The van der Waals surface area contributed by atoms with Gasteiger partial charge in [-0.2, -0.15) is 0 Å². The zero-order valence-electron chi connectivity index (χ0n) is 11.7. The Hall–Kier alpha value is -2.32. The van der Waals surface area contributed by atoms with E-state index in [0.717, 1.165) is 11.1 Å². The van der Waals surface area contributed by atoms with E-state index in [2.05, 4.69) is 22.5 Å². The lowest BCUT2D eigenvalue weighted by Gasteiger charge is -2.06. The monoisotopic (exact) mass is 273 g/mol. The second-order valence-electron chi connectivity index (χ2n) is 4.21. The molecule has 0 saturated carbocycles. The van der Waals surface area contributed by atoms with Gasteiger partial charge in [-0.3, -0.25) is 9.59 Å². The standard InChI is InChI=1S/C15H19N3O2/c1-11-10-13(6-5-12(11)4-3-8-16)15(20)18-9-7-14(19)17-2/h5-6,10H,7-9,16H2,1-2H3,(H,17,19)(H,18,20). The Labute approximate surface area is 118 Å². The number of amides is 2. The van der Waals surface area contributed by atoms with Gasteiger partial charge in [0, 0.05) is 31.1 Å². The third kappa shape index (κ3) is 4.75. The molecule has 0 spiro atoms. The van der Waals surface area contributed by atoms with Crippen molar-refractivity contribution >= 4 is 11.8 Å². The highest BCUT2D eigenvalue weighted by molar-refractivity contribution is 5.94. The summed E-state index contributed by atoms with van der Waals surface area (Å²) in [5.74, 6) is 5.42. The Kier molecular flexibility index (Phi) is 6.27. The van der Waals surface area contributed by atoms with E-state index in [0.29, 0.717) is 18.7 Å². The molecule has 0 atom stereocenters. The van der Waals surface area contributed by atoms with Crippen molar-refractivity contribution in [2.24, 2.45) is 5.73 Å². The second kappa shape index (κ2) is 7.97. The van der Waals surface area contributed by atoms with Gasteiger partial charge in [0.25, 0.3) is 5.91 Å². The van der Waals surface area contributed by atoms with Crippen LogP contribution in [0.4, 0.5) is 0 Å². The van der Waals surface area contributed by atoms with Crippen LogP contribution in [0.15, 0.2) is 18.2 Å². The Morgan fingerprint density at radius 2 is 2.10 bits per heavy atom. The number of nitrogens with one attached hydrogen (secondary N) is 2. The lowest BCUT2D eigenvalue weighted by molar-refractivity contribution is -0.120. The number of hydrogen-bond donors (Lipinski definition) is 3. The second-order valence-corrected chi connectivity index (χ2v) is 4.21. The molecule has 5 heteroatoms. The number of carbonyl (C=O) groups is 2. The quantitative estimate of drug-likeness (QED) is 0.684. The summed E-state index contributed by atoms with van der Waals surface area (Å²) < 4.78 is 0. The van der Waals surface area contributed by atoms with E-state index in [4.69, 9.17) is 5.73 Å². The zero-order chi connectivity index (χ0) is 15.0. The van der Waals surface area contributed by atoms with Crippen LogP contribution in [0.3, 0.4) is 0 Å². The Balaban J connectivity index is 2.65. The first kappa shape index (κ1) is 15.7. The molecule has 106 valence electrons. The van der Waals surface area contributed by atoms with E-state index in [9.17, 15) is 9.59 Å². The van der Waals surface area contributed by atoms with Crippen LogP contribution >= 0.6 is 0 Å². The van der Waals surface area contributed by atoms with Crippen molar-refractivity contribution < 1.29 is 9.59 Å². The predicted octanol–water partition coefficient (Wildman–Crippen LogP) is 0.171. The van der Waals surface area contributed by atoms with Crippen LogP contribution in [0.5, 0.6) is 0 Å². The Morgan fingerprint density at radius 3 is 2.70 bits per heavy atom. The van der Waals surface area contributed by atoms with Gasteiger partial charge in [-0.05, 0) is 30.7 Å². The molecule has 20 heavy (non-hydrogen) atoms. The number of rotatable bonds is 4. The Morgan fingerprint density at radius 1 is 1.35 bits per heavy atom. The van der Waals surface area contributed by atoms with Crippen LogP contribution in [0.2, 0.25) is 0 Å². The van der Waals surface area contributed by atoms with E-state index in [1.165, 1.54) is 0 Å². The number of nitrogens with two attached hydrogens (primary N) is 1. The molecule has 2 amide bonds. The largest absolute Gasteiger partial charge is 0.359 e. The molecule has 1 rings (SSSR count). The average molecular weight is 273 g/mol. The maximum atomic E-state index is 11.9. The van der Waals surface area contributed by atoms with Gasteiger partial charge in [0.15, 0.2) is 0 Å². The van der Waals surface area contributed by atoms with Crippen molar-refractivity contribution in [1.82, 2.24) is 10.6 Å². The predicted molar refractivity (Wildman–Crippen MR) is 78.1 cm³/mol. The summed E-state index contributed by atoms with van der Waals surface area (Å²) in [6.07, 6.45) is 0.265. The van der Waals surface area contributed by atoms with Gasteiger partial charge in [0.1, 0.15) is 0 Å². The lowest BCUT2D eigenvalue weighted by Crippen LogP contribution is -2.29. The molecule has 0 fully saturated rings. The molecule has 0 aliphatic carbocycles. The maximum absolute atomic E-state index is 11.9. The fraction of sp³-hybridized carbons (Fsp3) is 0.333. The first-order chi connectivity index (χ1) is 9.58. The van der Waals surface area contributed by atoms with Crippen molar-refractivity contribution in [2.45, 2.75) is 13.3 Å². The summed E-state index contributed by atoms with van der Waals surface area (Å²) in [6.45, 7) is 2.51. The van der Waals surface area contributed by atoms with Crippen molar-refractivity contribution in [3.63, 3.8) is 0 Å². The van der Waals surface area contributed by atoms with Gasteiger partial charge in [-0.15, -0.1) is 0 Å². The minimum atomic E-state index is -0.199. The SMILES string of the molecule is CNC(=O)CCNC(=O)c1ccc(C#CCN)c(C)c1. The van der Waals surface area contributed by atoms with Crippen molar-refractivity contribution in [3.8, 4) is 11.8 Å². The van der Waals surface area contributed by atoms with Gasteiger partial charge in [-0.25, -0.2) is 0 Å². The summed E-state index contributed by atoms with van der Waals surface area (Å²) >= 11 is 0. The summed E-state index contributed by atoms with van der Waals surface area (Å²) in [7, 11) is 1.56. The van der Waals surface area contributed by atoms with Crippen molar-refractivity contribution in [2.75, 3.05) is 20.1 Å². The third-order valence-corrected chi connectivity index (χ3v) is 2.73. The molecular weight excluding hydrogens is 254 g/mol. The number of benzene rings is 1. The van der Waals surface area contributed by atoms with Gasteiger partial charge >= 0.3 is 0 Å². The zero-order valence-corrected chi connectivity index (χ0v) is 11.7. The molecule has 0 unspecified atom stereocenters. The molecule has 0 aromatic heterocycles. The van der Waals surface area contributed by atoms with E-state index in [-0.39, 0.29) is 18.2 Å². The number of aryl methyl sites for hydroxylation is 1. The summed E-state index contributed by atoms with van der Waals surface area (Å²) in [4.78, 5) is 22.9. The van der Waals surface area contributed by atoms with E-state index >= 15 is 0 Å². The van der Waals surface area contributed by atoms with Crippen LogP contribution in [0, 0.1) is 18.8 Å². The fourth-order valence-corrected chi connectivity index (χ4v) is 1.61. The van der Waals surface area contributed by atoms with Gasteiger partial charge in [0.05, 0.1) is 6.54 Å². The van der Waals surface area contributed by atoms with Crippen LogP contribution in [0.25, 0.3) is 0 Å². The fourth-order valence-electron chi connectivity index (χ4n) is 1.61. The van der Waals surface area contributed by atoms with Gasteiger partial charge in [0.2, 0.25) is 5.91 Å². The molecule has 1 aromatic carbocycles. The van der Waals surface area contributed by atoms with Crippen molar-refractivity contribution in [3.05, 3.63) is 34.9 Å².